The highest BCUT2D eigenvalue weighted by atomic mass is 16.5. The third kappa shape index (κ3) is 6.51. The van der Waals surface area contributed by atoms with Crippen molar-refractivity contribution in [2.24, 2.45) is 5.92 Å². The average molecular weight is 278 g/mol. The van der Waals surface area contributed by atoms with Gasteiger partial charge in [-0.05, 0) is 32.0 Å². The van der Waals surface area contributed by atoms with E-state index >= 15 is 0 Å². The van der Waals surface area contributed by atoms with Gasteiger partial charge in [-0.2, -0.15) is 0 Å². The summed E-state index contributed by atoms with van der Waals surface area (Å²) in [4.78, 5) is 2.37. The largest absolute Gasteiger partial charge is 0.383 e. The van der Waals surface area contributed by atoms with Gasteiger partial charge in [-0.1, -0.05) is 43.7 Å². The first kappa shape index (κ1) is 17.2. The van der Waals surface area contributed by atoms with Gasteiger partial charge in [0, 0.05) is 26.2 Å². The Hall–Kier alpha value is -0.900. The fraction of sp³-hybridized carbons (Fsp3) is 0.647. The zero-order valence-corrected chi connectivity index (χ0v) is 13.6. The lowest BCUT2D eigenvalue weighted by Gasteiger charge is -2.28. The van der Waals surface area contributed by atoms with Crippen molar-refractivity contribution in [3.63, 3.8) is 0 Å². The Morgan fingerprint density at radius 2 is 2.00 bits per heavy atom. The zero-order chi connectivity index (χ0) is 15.0. The van der Waals surface area contributed by atoms with Crippen molar-refractivity contribution in [3.05, 3.63) is 35.4 Å². The van der Waals surface area contributed by atoms with Gasteiger partial charge < -0.3 is 10.1 Å². The summed E-state index contributed by atoms with van der Waals surface area (Å²) in [7, 11) is 3.94. The monoisotopic (exact) mass is 278 g/mol. The van der Waals surface area contributed by atoms with Gasteiger partial charge in [-0.3, -0.25) is 4.90 Å². The standard InChI is InChI=1S/C17H30N2O/c1-14(2)10-18-11-17(13-20-5)19(4)12-16-8-6-7-15(3)9-16/h6-9,14,17-18H,10-13H2,1-5H3. The summed E-state index contributed by atoms with van der Waals surface area (Å²) < 4.78 is 5.36. The minimum atomic E-state index is 0.402. The van der Waals surface area contributed by atoms with E-state index in [-0.39, 0.29) is 0 Å². The molecule has 1 N–H and O–H groups in total. The number of benzene rings is 1. The molecular formula is C17H30N2O. The Labute approximate surface area is 124 Å². The molecule has 0 aliphatic heterocycles. The van der Waals surface area contributed by atoms with Crippen molar-refractivity contribution in [1.29, 1.82) is 0 Å². The first-order valence-electron chi connectivity index (χ1n) is 7.48. The predicted molar refractivity (Wildman–Crippen MR) is 86.0 cm³/mol. The quantitative estimate of drug-likeness (QED) is 0.751. The molecular weight excluding hydrogens is 248 g/mol. The molecule has 1 aromatic carbocycles. The Morgan fingerprint density at radius 3 is 2.60 bits per heavy atom. The first-order chi connectivity index (χ1) is 9.52. The maximum absolute atomic E-state index is 5.36. The van der Waals surface area contributed by atoms with Crippen LogP contribution < -0.4 is 5.32 Å². The van der Waals surface area contributed by atoms with Crippen LogP contribution in [0.2, 0.25) is 0 Å². The maximum atomic E-state index is 5.36. The van der Waals surface area contributed by atoms with Crippen LogP contribution in [0.15, 0.2) is 24.3 Å². The van der Waals surface area contributed by atoms with E-state index in [4.69, 9.17) is 4.74 Å². The summed E-state index contributed by atoms with van der Waals surface area (Å²) in [6, 6.07) is 9.11. The van der Waals surface area contributed by atoms with E-state index < -0.39 is 0 Å². The van der Waals surface area contributed by atoms with E-state index in [9.17, 15) is 0 Å². The van der Waals surface area contributed by atoms with Crippen LogP contribution in [0.25, 0.3) is 0 Å². The number of methoxy groups -OCH3 is 1. The molecule has 1 aromatic rings. The van der Waals surface area contributed by atoms with Gasteiger partial charge in [0.1, 0.15) is 0 Å². The van der Waals surface area contributed by atoms with Crippen molar-refractivity contribution in [2.45, 2.75) is 33.4 Å². The lowest BCUT2D eigenvalue weighted by atomic mass is 10.1. The van der Waals surface area contributed by atoms with Crippen LogP contribution in [0.4, 0.5) is 0 Å². The number of likely N-dealkylation sites (N-methyl/N-ethyl adjacent to an activating group) is 1. The molecule has 0 saturated heterocycles. The molecule has 3 nitrogen and oxygen atoms in total. The number of nitrogens with zero attached hydrogens (tertiary/aromatic N) is 1. The van der Waals surface area contributed by atoms with Crippen LogP contribution in [0, 0.1) is 12.8 Å². The minimum Gasteiger partial charge on any atom is -0.383 e. The lowest BCUT2D eigenvalue weighted by Crippen LogP contribution is -2.43. The van der Waals surface area contributed by atoms with Crippen molar-refractivity contribution in [2.75, 3.05) is 33.9 Å². The number of nitrogens with one attached hydrogen (secondary N) is 1. The van der Waals surface area contributed by atoms with Crippen molar-refractivity contribution < 1.29 is 4.74 Å². The van der Waals surface area contributed by atoms with E-state index in [1.807, 2.05) is 0 Å². The minimum absolute atomic E-state index is 0.402. The van der Waals surface area contributed by atoms with E-state index in [2.05, 4.69) is 62.3 Å². The molecule has 0 amide bonds. The summed E-state index contributed by atoms with van der Waals surface area (Å²) in [5, 5.41) is 3.53. The lowest BCUT2D eigenvalue weighted by molar-refractivity contribution is 0.101. The SMILES string of the molecule is COCC(CNCC(C)C)N(C)Cc1cccc(C)c1. The van der Waals surface area contributed by atoms with Gasteiger partial charge in [0.05, 0.1) is 6.61 Å². The van der Waals surface area contributed by atoms with E-state index in [1.54, 1.807) is 7.11 Å². The third-order valence-corrected chi connectivity index (χ3v) is 3.43. The Balaban J connectivity index is 2.52. The molecule has 0 fully saturated rings. The zero-order valence-electron chi connectivity index (χ0n) is 13.6. The Bertz CT molecular complexity index is 379. The normalized spacial score (nSPS) is 13.2. The van der Waals surface area contributed by atoms with Gasteiger partial charge in [-0.15, -0.1) is 0 Å². The summed E-state index contributed by atoms with van der Waals surface area (Å²) in [6.07, 6.45) is 0. The second-order valence-corrected chi connectivity index (χ2v) is 6.07. The van der Waals surface area contributed by atoms with E-state index in [0.29, 0.717) is 12.0 Å². The highest BCUT2D eigenvalue weighted by Crippen LogP contribution is 2.09. The smallest absolute Gasteiger partial charge is 0.0630 e. The summed E-state index contributed by atoms with van der Waals surface area (Å²) in [5.41, 5.74) is 2.68. The molecule has 0 saturated carbocycles. The first-order valence-corrected chi connectivity index (χ1v) is 7.48. The van der Waals surface area contributed by atoms with E-state index in [0.717, 1.165) is 26.2 Å². The van der Waals surface area contributed by atoms with E-state index in [1.165, 1.54) is 11.1 Å². The number of hydrogen-bond donors (Lipinski definition) is 1. The molecule has 3 heteroatoms. The number of hydrogen-bond acceptors (Lipinski definition) is 3. The fourth-order valence-electron chi connectivity index (χ4n) is 2.30. The number of rotatable bonds is 9. The summed E-state index contributed by atoms with van der Waals surface area (Å²) >= 11 is 0. The summed E-state index contributed by atoms with van der Waals surface area (Å²) in [6.45, 7) is 10.3. The molecule has 0 bridgehead atoms. The molecule has 0 spiro atoms. The average Bonchev–Trinajstić information content (AvgIpc) is 2.37. The predicted octanol–water partition coefficient (Wildman–Crippen LogP) is 2.69. The van der Waals surface area contributed by atoms with Crippen LogP contribution in [0.3, 0.4) is 0 Å². The van der Waals surface area contributed by atoms with Crippen LogP contribution in [-0.4, -0.2) is 44.8 Å². The molecule has 1 rings (SSSR count). The molecule has 0 aliphatic rings. The second-order valence-electron chi connectivity index (χ2n) is 6.07. The van der Waals surface area contributed by atoms with Gasteiger partial charge in [0.2, 0.25) is 0 Å². The molecule has 1 unspecified atom stereocenters. The van der Waals surface area contributed by atoms with Crippen LogP contribution >= 0.6 is 0 Å². The fourth-order valence-corrected chi connectivity index (χ4v) is 2.30. The van der Waals surface area contributed by atoms with Gasteiger partial charge in [0.15, 0.2) is 0 Å². The molecule has 1 atom stereocenters. The van der Waals surface area contributed by atoms with Crippen molar-refractivity contribution >= 4 is 0 Å². The number of aryl methyl sites for hydroxylation is 1. The molecule has 20 heavy (non-hydrogen) atoms. The third-order valence-electron chi connectivity index (χ3n) is 3.43. The Morgan fingerprint density at radius 1 is 1.25 bits per heavy atom. The maximum Gasteiger partial charge on any atom is 0.0630 e. The van der Waals surface area contributed by atoms with Gasteiger partial charge in [0.25, 0.3) is 0 Å². The van der Waals surface area contributed by atoms with Crippen LogP contribution in [0.5, 0.6) is 0 Å². The summed E-state index contributed by atoms with van der Waals surface area (Å²) in [5.74, 6) is 0.681. The molecule has 0 radical (unpaired) electrons. The molecule has 114 valence electrons. The molecule has 0 aliphatic carbocycles. The molecule has 0 aromatic heterocycles. The van der Waals surface area contributed by atoms with Crippen LogP contribution in [0.1, 0.15) is 25.0 Å². The van der Waals surface area contributed by atoms with Crippen molar-refractivity contribution in [1.82, 2.24) is 10.2 Å². The van der Waals surface area contributed by atoms with Gasteiger partial charge >= 0.3 is 0 Å². The second kappa shape index (κ2) is 9.11. The van der Waals surface area contributed by atoms with Crippen LogP contribution in [-0.2, 0) is 11.3 Å². The number of ether oxygens (including phenoxy) is 1. The Kier molecular flexibility index (Phi) is 7.82. The van der Waals surface area contributed by atoms with Crippen molar-refractivity contribution in [3.8, 4) is 0 Å². The van der Waals surface area contributed by atoms with Gasteiger partial charge in [-0.25, -0.2) is 0 Å². The highest BCUT2D eigenvalue weighted by Gasteiger charge is 2.14. The highest BCUT2D eigenvalue weighted by molar-refractivity contribution is 5.22. The topological polar surface area (TPSA) is 24.5 Å². The molecule has 0 heterocycles.